The predicted octanol–water partition coefficient (Wildman–Crippen LogP) is 4.16. The minimum atomic E-state index is 0.292. The Morgan fingerprint density at radius 1 is 1.09 bits per heavy atom. The van der Waals surface area contributed by atoms with Crippen LogP contribution < -0.4 is 0 Å². The average molecular weight is 313 g/mol. The number of hydrogen-bond acceptors (Lipinski definition) is 2. The summed E-state index contributed by atoms with van der Waals surface area (Å²) in [5.41, 5.74) is 2.58. The first-order chi connectivity index (χ1) is 10.8. The predicted molar refractivity (Wildman–Crippen MR) is 92.1 cm³/mol. The van der Waals surface area contributed by atoms with Gasteiger partial charge in [0.2, 0.25) is 5.91 Å². The normalized spacial score (nSPS) is 15.9. The van der Waals surface area contributed by atoms with Gasteiger partial charge in [-0.25, -0.2) is 0 Å². The summed E-state index contributed by atoms with van der Waals surface area (Å²) in [5.74, 6) is 1.06. The molecule has 0 bridgehead atoms. The SMILES string of the molecule is O=C(Cc1ccsc1)N1CCC(CCc2ccccc2)CC1. The molecule has 1 aromatic carbocycles. The first kappa shape index (κ1) is 15.3. The van der Waals surface area contributed by atoms with Crippen molar-refractivity contribution in [2.45, 2.75) is 32.1 Å². The van der Waals surface area contributed by atoms with Crippen LogP contribution in [0.25, 0.3) is 0 Å². The van der Waals surface area contributed by atoms with E-state index in [-0.39, 0.29) is 0 Å². The Labute approximate surface area is 136 Å². The van der Waals surface area contributed by atoms with Crippen LogP contribution in [0.5, 0.6) is 0 Å². The maximum absolute atomic E-state index is 12.3. The zero-order valence-corrected chi connectivity index (χ0v) is 13.7. The van der Waals surface area contributed by atoms with Crippen LogP contribution >= 0.6 is 11.3 Å². The van der Waals surface area contributed by atoms with Gasteiger partial charge in [0.15, 0.2) is 0 Å². The van der Waals surface area contributed by atoms with Gasteiger partial charge in [0.05, 0.1) is 6.42 Å². The lowest BCUT2D eigenvalue weighted by atomic mass is 9.90. The zero-order chi connectivity index (χ0) is 15.2. The second-order valence-corrected chi connectivity index (χ2v) is 6.94. The van der Waals surface area contributed by atoms with Gasteiger partial charge in [-0.1, -0.05) is 30.3 Å². The Hall–Kier alpha value is -1.61. The third-order valence-corrected chi connectivity index (χ3v) is 5.32. The largest absolute Gasteiger partial charge is 0.342 e. The van der Waals surface area contributed by atoms with Gasteiger partial charge in [-0.2, -0.15) is 11.3 Å². The standard InChI is InChI=1S/C19H23NOS/c21-19(14-18-10-13-22-15-18)20-11-8-17(9-12-20)7-6-16-4-2-1-3-5-16/h1-5,10,13,15,17H,6-9,11-12,14H2. The fraction of sp³-hybridized carbons (Fsp3) is 0.421. The number of carbonyl (C=O) groups is 1. The van der Waals surface area contributed by atoms with Crippen molar-refractivity contribution in [3.8, 4) is 0 Å². The summed E-state index contributed by atoms with van der Waals surface area (Å²) in [7, 11) is 0. The summed E-state index contributed by atoms with van der Waals surface area (Å²) in [4.78, 5) is 14.3. The van der Waals surface area contributed by atoms with Crippen molar-refractivity contribution >= 4 is 17.2 Å². The van der Waals surface area contributed by atoms with Crippen LogP contribution in [0.2, 0.25) is 0 Å². The molecule has 1 aromatic heterocycles. The van der Waals surface area contributed by atoms with E-state index in [9.17, 15) is 4.79 Å². The molecule has 1 aliphatic heterocycles. The lowest BCUT2D eigenvalue weighted by molar-refractivity contribution is -0.131. The van der Waals surface area contributed by atoms with Gasteiger partial charge >= 0.3 is 0 Å². The molecule has 1 saturated heterocycles. The Morgan fingerprint density at radius 3 is 2.55 bits per heavy atom. The molecule has 0 unspecified atom stereocenters. The van der Waals surface area contributed by atoms with Crippen molar-refractivity contribution in [1.29, 1.82) is 0 Å². The molecule has 2 aromatic rings. The van der Waals surface area contributed by atoms with Crippen molar-refractivity contribution < 1.29 is 4.79 Å². The third kappa shape index (κ3) is 4.20. The van der Waals surface area contributed by atoms with Crippen molar-refractivity contribution in [2.75, 3.05) is 13.1 Å². The highest BCUT2D eigenvalue weighted by Gasteiger charge is 2.22. The minimum absolute atomic E-state index is 0.292. The first-order valence-corrected chi connectivity index (χ1v) is 9.08. The highest BCUT2D eigenvalue weighted by atomic mass is 32.1. The van der Waals surface area contributed by atoms with Crippen LogP contribution in [0.3, 0.4) is 0 Å². The molecule has 2 heterocycles. The van der Waals surface area contributed by atoms with Gasteiger partial charge in [-0.3, -0.25) is 4.79 Å². The molecule has 3 heteroatoms. The Morgan fingerprint density at radius 2 is 1.86 bits per heavy atom. The number of rotatable bonds is 5. The number of nitrogens with zero attached hydrogens (tertiary/aromatic N) is 1. The maximum atomic E-state index is 12.3. The monoisotopic (exact) mass is 313 g/mol. The number of thiophene rings is 1. The van der Waals surface area contributed by atoms with E-state index >= 15 is 0 Å². The molecule has 0 radical (unpaired) electrons. The van der Waals surface area contributed by atoms with E-state index in [0.29, 0.717) is 12.3 Å². The van der Waals surface area contributed by atoms with E-state index in [1.54, 1.807) is 11.3 Å². The van der Waals surface area contributed by atoms with Crippen LogP contribution in [0.15, 0.2) is 47.2 Å². The summed E-state index contributed by atoms with van der Waals surface area (Å²) >= 11 is 1.66. The summed E-state index contributed by atoms with van der Waals surface area (Å²) in [5, 5.41) is 4.11. The first-order valence-electron chi connectivity index (χ1n) is 8.14. The van der Waals surface area contributed by atoms with Gasteiger partial charge in [0.1, 0.15) is 0 Å². The molecular formula is C19H23NOS. The molecule has 1 amide bonds. The van der Waals surface area contributed by atoms with Gasteiger partial charge in [-0.05, 0) is 59.6 Å². The Bertz CT molecular complexity index is 571. The Balaban J connectivity index is 1.41. The molecule has 1 fully saturated rings. The summed E-state index contributed by atoms with van der Waals surface area (Å²) in [6.45, 7) is 1.87. The van der Waals surface area contributed by atoms with Gasteiger partial charge < -0.3 is 4.90 Å². The number of carbonyl (C=O) groups excluding carboxylic acids is 1. The molecule has 0 spiro atoms. The van der Waals surface area contributed by atoms with Crippen LogP contribution in [0, 0.1) is 5.92 Å². The number of benzene rings is 1. The van der Waals surface area contributed by atoms with Crippen LogP contribution in [0.4, 0.5) is 0 Å². The molecule has 0 N–H and O–H groups in total. The van der Waals surface area contributed by atoms with Crippen molar-refractivity contribution in [1.82, 2.24) is 4.90 Å². The highest BCUT2D eigenvalue weighted by Crippen LogP contribution is 2.23. The Kier molecular flexibility index (Phi) is 5.28. The minimum Gasteiger partial charge on any atom is -0.342 e. The number of hydrogen-bond donors (Lipinski definition) is 0. The smallest absolute Gasteiger partial charge is 0.227 e. The number of piperidine rings is 1. The fourth-order valence-corrected chi connectivity index (χ4v) is 3.83. The van der Waals surface area contributed by atoms with Crippen LogP contribution in [0.1, 0.15) is 30.4 Å². The molecule has 3 rings (SSSR count). The van der Waals surface area contributed by atoms with Gasteiger partial charge in [0, 0.05) is 13.1 Å². The maximum Gasteiger partial charge on any atom is 0.227 e. The van der Waals surface area contributed by atoms with Crippen molar-refractivity contribution in [2.24, 2.45) is 5.92 Å². The number of amides is 1. The molecule has 0 aliphatic carbocycles. The molecule has 22 heavy (non-hydrogen) atoms. The van der Waals surface area contributed by atoms with Gasteiger partial charge in [-0.15, -0.1) is 0 Å². The fourth-order valence-electron chi connectivity index (χ4n) is 3.17. The van der Waals surface area contributed by atoms with E-state index in [1.165, 1.54) is 12.0 Å². The lowest BCUT2D eigenvalue weighted by Gasteiger charge is -2.32. The topological polar surface area (TPSA) is 20.3 Å². The van der Waals surface area contributed by atoms with E-state index in [4.69, 9.17) is 0 Å². The van der Waals surface area contributed by atoms with Crippen molar-refractivity contribution in [3.63, 3.8) is 0 Å². The van der Waals surface area contributed by atoms with Crippen molar-refractivity contribution in [3.05, 3.63) is 58.3 Å². The van der Waals surface area contributed by atoms with E-state index < -0.39 is 0 Å². The molecule has 0 saturated carbocycles. The molecule has 116 valence electrons. The molecule has 0 atom stereocenters. The highest BCUT2D eigenvalue weighted by molar-refractivity contribution is 7.07. The van der Waals surface area contributed by atoms with E-state index in [2.05, 4.69) is 46.7 Å². The summed E-state index contributed by atoms with van der Waals surface area (Å²) < 4.78 is 0. The average Bonchev–Trinajstić information content (AvgIpc) is 3.07. The number of aryl methyl sites for hydroxylation is 1. The quantitative estimate of drug-likeness (QED) is 0.811. The molecular weight excluding hydrogens is 290 g/mol. The number of likely N-dealkylation sites (tertiary alicyclic amines) is 1. The van der Waals surface area contributed by atoms with Crippen LogP contribution in [-0.2, 0) is 17.6 Å². The second kappa shape index (κ2) is 7.59. The van der Waals surface area contributed by atoms with E-state index in [0.717, 1.165) is 43.8 Å². The zero-order valence-electron chi connectivity index (χ0n) is 12.9. The van der Waals surface area contributed by atoms with Crippen LogP contribution in [-0.4, -0.2) is 23.9 Å². The third-order valence-electron chi connectivity index (χ3n) is 4.59. The van der Waals surface area contributed by atoms with E-state index in [1.807, 2.05) is 5.38 Å². The summed E-state index contributed by atoms with van der Waals surface area (Å²) in [6.07, 6.45) is 5.29. The summed E-state index contributed by atoms with van der Waals surface area (Å²) in [6, 6.07) is 12.8. The second-order valence-electron chi connectivity index (χ2n) is 6.16. The lowest BCUT2D eigenvalue weighted by Crippen LogP contribution is -2.39. The molecule has 2 nitrogen and oxygen atoms in total. The molecule has 1 aliphatic rings. The van der Waals surface area contributed by atoms with Gasteiger partial charge in [0.25, 0.3) is 0 Å².